The molecule has 0 heterocycles. The number of anilines is 2. The molecule has 0 amide bonds. The van der Waals surface area contributed by atoms with E-state index in [1.54, 1.807) is 0 Å². The highest BCUT2D eigenvalue weighted by Crippen LogP contribution is 2.38. The van der Waals surface area contributed by atoms with Gasteiger partial charge in [0, 0.05) is 63.6 Å². The van der Waals surface area contributed by atoms with Crippen molar-refractivity contribution in [2.24, 2.45) is 0 Å². The Bertz CT molecular complexity index is 1900. The maximum Gasteiger partial charge on any atom is 0.0455 e. The SMILES string of the molecule is CCc1cc(N(Cc2ccccc2Cl)Cc2ccccc2Cl)ccc1C(CC)c1ccc(N(Cc2ccccc2Cl)Cc2ccccc2Cl)cc1CC. The van der Waals surface area contributed by atoms with Crippen molar-refractivity contribution in [1.82, 2.24) is 0 Å². The summed E-state index contributed by atoms with van der Waals surface area (Å²) in [6, 6.07) is 46.3. The fraction of sp³-hybridized carbons (Fsp3) is 0.234. The highest BCUT2D eigenvalue weighted by molar-refractivity contribution is 6.32. The molecule has 53 heavy (non-hydrogen) atoms. The van der Waals surface area contributed by atoms with Crippen LogP contribution in [0.1, 0.15) is 77.6 Å². The molecule has 0 fully saturated rings. The summed E-state index contributed by atoms with van der Waals surface area (Å²) in [6.45, 7) is 9.50. The van der Waals surface area contributed by atoms with Gasteiger partial charge in [0.15, 0.2) is 0 Å². The normalized spacial score (nSPS) is 11.2. The minimum Gasteiger partial charge on any atom is -0.363 e. The summed E-state index contributed by atoms with van der Waals surface area (Å²) in [5.74, 6) is 0.254. The van der Waals surface area contributed by atoms with E-state index in [1.807, 2.05) is 72.8 Å². The maximum absolute atomic E-state index is 6.69. The summed E-state index contributed by atoms with van der Waals surface area (Å²) < 4.78 is 0. The first-order valence-corrected chi connectivity index (χ1v) is 20.0. The molecule has 6 heteroatoms. The van der Waals surface area contributed by atoms with Crippen molar-refractivity contribution in [3.05, 3.63) is 198 Å². The van der Waals surface area contributed by atoms with Gasteiger partial charge in [0.25, 0.3) is 0 Å². The molecule has 0 aromatic heterocycles. The van der Waals surface area contributed by atoms with Gasteiger partial charge >= 0.3 is 0 Å². The standard InChI is InChI=1S/C47H46Cl4N2/c1-4-33-27-39(52(29-35-15-7-11-19-44(35)48)30-36-16-8-12-20-45(36)49)23-25-42(33)41(6-3)43-26-24-40(28-34(43)5-2)53(31-37-17-9-13-21-46(37)50)32-38-18-10-14-22-47(38)51/h7-28,41H,4-6,29-32H2,1-3H3. The summed E-state index contributed by atoms with van der Waals surface area (Å²) >= 11 is 26.8. The first kappa shape index (κ1) is 38.8. The molecule has 0 spiro atoms. The number of rotatable bonds is 15. The van der Waals surface area contributed by atoms with Gasteiger partial charge in [-0.2, -0.15) is 0 Å². The first-order chi connectivity index (χ1) is 25.8. The molecule has 6 aromatic rings. The quantitative estimate of drug-likeness (QED) is 0.102. The van der Waals surface area contributed by atoms with Crippen molar-refractivity contribution >= 4 is 57.8 Å². The fourth-order valence-corrected chi connectivity index (χ4v) is 8.07. The number of aryl methyl sites for hydroxylation is 2. The third-order valence-corrected chi connectivity index (χ3v) is 11.7. The lowest BCUT2D eigenvalue weighted by atomic mass is 9.82. The summed E-state index contributed by atoms with van der Waals surface area (Å²) in [5, 5.41) is 3.07. The second-order valence-electron chi connectivity index (χ2n) is 13.5. The van der Waals surface area contributed by atoms with Crippen molar-refractivity contribution in [2.45, 2.75) is 72.1 Å². The van der Waals surface area contributed by atoms with E-state index in [9.17, 15) is 0 Å². The summed E-state index contributed by atoms with van der Waals surface area (Å²) in [6.07, 6.45) is 2.84. The van der Waals surface area contributed by atoms with Gasteiger partial charge in [-0.05, 0) is 112 Å². The average molecular weight is 781 g/mol. The van der Waals surface area contributed by atoms with E-state index in [-0.39, 0.29) is 5.92 Å². The second kappa shape index (κ2) is 18.4. The third kappa shape index (κ3) is 9.42. The molecule has 0 radical (unpaired) electrons. The van der Waals surface area contributed by atoms with Crippen molar-refractivity contribution in [2.75, 3.05) is 9.80 Å². The van der Waals surface area contributed by atoms with Crippen LogP contribution in [-0.2, 0) is 39.0 Å². The molecule has 6 rings (SSSR count). The van der Waals surface area contributed by atoms with E-state index in [2.05, 4.69) is 91.2 Å². The minimum atomic E-state index is 0.254. The average Bonchev–Trinajstić information content (AvgIpc) is 3.18. The molecule has 6 aromatic carbocycles. The van der Waals surface area contributed by atoms with E-state index >= 15 is 0 Å². The molecule has 0 unspecified atom stereocenters. The molecule has 0 aliphatic carbocycles. The molecule has 0 saturated carbocycles. The van der Waals surface area contributed by atoms with Crippen molar-refractivity contribution in [1.29, 1.82) is 0 Å². The number of nitrogens with zero attached hydrogens (tertiary/aromatic N) is 2. The summed E-state index contributed by atoms with van der Waals surface area (Å²) in [4.78, 5) is 4.76. The molecule has 0 N–H and O–H groups in total. The third-order valence-electron chi connectivity index (χ3n) is 10.2. The van der Waals surface area contributed by atoms with E-state index in [0.29, 0.717) is 26.2 Å². The number of hydrogen-bond donors (Lipinski definition) is 0. The Morgan fingerprint density at radius 1 is 0.396 bits per heavy atom. The highest BCUT2D eigenvalue weighted by Gasteiger charge is 2.22. The summed E-state index contributed by atoms with van der Waals surface area (Å²) in [7, 11) is 0. The molecule has 0 bridgehead atoms. The van der Waals surface area contributed by atoms with Gasteiger partial charge in [-0.25, -0.2) is 0 Å². The Morgan fingerprint density at radius 3 is 0.962 bits per heavy atom. The number of benzene rings is 6. The Kier molecular flexibility index (Phi) is 13.5. The maximum atomic E-state index is 6.69. The van der Waals surface area contributed by atoms with Crippen LogP contribution < -0.4 is 9.80 Å². The molecule has 2 nitrogen and oxygen atoms in total. The lowest BCUT2D eigenvalue weighted by molar-refractivity contribution is 0.748. The Morgan fingerprint density at radius 2 is 0.698 bits per heavy atom. The van der Waals surface area contributed by atoms with E-state index in [1.165, 1.54) is 22.3 Å². The number of halogens is 4. The van der Waals surface area contributed by atoms with Gasteiger partial charge in [-0.1, -0.05) is 152 Å². The fourth-order valence-electron chi connectivity index (χ4n) is 7.28. The van der Waals surface area contributed by atoms with Gasteiger partial charge in [0.05, 0.1) is 0 Å². The Balaban J connectivity index is 1.35. The second-order valence-corrected chi connectivity index (χ2v) is 15.1. The van der Waals surface area contributed by atoms with Crippen LogP contribution in [-0.4, -0.2) is 0 Å². The van der Waals surface area contributed by atoms with Gasteiger partial charge in [0.1, 0.15) is 0 Å². The molecule has 0 saturated heterocycles. The van der Waals surface area contributed by atoms with Gasteiger partial charge in [-0.15, -0.1) is 0 Å². The monoisotopic (exact) mass is 778 g/mol. The summed E-state index contributed by atoms with van der Waals surface area (Å²) in [5.41, 5.74) is 12.1. The van der Waals surface area contributed by atoms with E-state index < -0.39 is 0 Å². The predicted octanol–water partition coefficient (Wildman–Crippen LogP) is 14.4. The largest absolute Gasteiger partial charge is 0.363 e. The Labute approximate surface area is 335 Å². The molecular weight excluding hydrogens is 734 g/mol. The van der Waals surface area contributed by atoms with E-state index in [4.69, 9.17) is 46.4 Å². The van der Waals surface area contributed by atoms with Crippen LogP contribution in [0.3, 0.4) is 0 Å². The van der Waals surface area contributed by atoms with Crippen molar-refractivity contribution in [3.63, 3.8) is 0 Å². The Hall–Kier alpha value is -3.92. The van der Waals surface area contributed by atoms with E-state index in [0.717, 1.165) is 73.0 Å². The molecule has 0 atom stereocenters. The minimum absolute atomic E-state index is 0.254. The molecular formula is C47H46Cl4N2. The zero-order valence-corrected chi connectivity index (χ0v) is 33.7. The van der Waals surface area contributed by atoms with Crippen LogP contribution in [0, 0.1) is 0 Å². The number of hydrogen-bond acceptors (Lipinski definition) is 2. The van der Waals surface area contributed by atoms with Crippen LogP contribution in [0.5, 0.6) is 0 Å². The van der Waals surface area contributed by atoms with Gasteiger partial charge < -0.3 is 9.80 Å². The van der Waals surface area contributed by atoms with Crippen LogP contribution in [0.2, 0.25) is 20.1 Å². The van der Waals surface area contributed by atoms with Gasteiger partial charge in [0.2, 0.25) is 0 Å². The van der Waals surface area contributed by atoms with Crippen LogP contribution in [0.15, 0.2) is 133 Å². The van der Waals surface area contributed by atoms with Crippen LogP contribution in [0.4, 0.5) is 11.4 Å². The predicted molar refractivity (Wildman–Crippen MR) is 229 cm³/mol. The van der Waals surface area contributed by atoms with Crippen LogP contribution >= 0.6 is 46.4 Å². The highest BCUT2D eigenvalue weighted by atomic mass is 35.5. The molecule has 272 valence electrons. The van der Waals surface area contributed by atoms with Crippen LogP contribution in [0.25, 0.3) is 0 Å². The van der Waals surface area contributed by atoms with Crippen molar-refractivity contribution in [3.8, 4) is 0 Å². The molecule has 0 aliphatic rings. The zero-order chi connectivity index (χ0) is 37.3. The molecule has 0 aliphatic heterocycles. The topological polar surface area (TPSA) is 6.48 Å². The first-order valence-electron chi connectivity index (χ1n) is 18.5. The zero-order valence-electron chi connectivity index (χ0n) is 30.6. The smallest absolute Gasteiger partial charge is 0.0455 e. The van der Waals surface area contributed by atoms with Crippen molar-refractivity contribution < 1.29 is 0 Å². The van der Waals surface area contributed by atoms with Gasteiger partial charge in [-0.3, -0.25) is 0 Å². The lowest BCUT2D eigenvalue weighted by Gasteiger charge is -2.30. The lowest BCUT2D eigenvalue weighted by Crippen LogP contribution is -2.23.